The second-order valence-electron chi connectivity index (χ2n) is 6.53. The molecule has 0 aromatic heterocycles. The molecule has 2 aromatic rings. The van der Waals surface area contributed by atoms with Gasteiger partial charge in [0.1, 0.15) is 5.75 Å². The third-order valence-corrected chi connectivity index (χ3v) is 3.66. The molecule has 0 saturated heterocycles. The van der Waals surface area contributed by atoms with Crippen LogP contribution in [0.25, 0.3) is 0 Å². The zero-order valence-corrected chi connectivity index (χ0v) is 15.3. The molecule has 0 aliphatic rings. The summed E-state index contributed by atoms with van der Waals surface area (Å²) in [4.78, 5) is 12.1. The minimum absolute atomic E-state index is 0.00461. The summed E-state index contributed by atoms with van der Waals surface area (Å²) in [5.74, 6) is 1.16. The molecule has 0 heterocycles. The van der Waals surface area contributed by atoms with E-state index >= 15 is 0 Å². The number of rotatable bonds is 6. The van der Waals surface area contributed by atoms with Gasteiger partial charge in [0.2, 0.25) is 5.75 Å². The molecule has 2 rings (SSSR count). The lowest BCUT2D eigenvalue weighted by Gasteiger charge is -2.19. The summed E-state index contributed by atoms with van der Waals surface area (Å²) >= 11 is 0. The summed E-state index contributed by atoms with van der Waals surface area (Å²) in [5.41, 5.74) is 1.13. The second-order valence-corrected chi connectivity index (χ2v) is 6.53. The van der Waals surface area contributed by atoms with Crippen LogP contribution in [0.2, 0.25) is 0 Å². The van der Waals surface area contributed by atoms with Crippen LogP contribution in [-0.2, 0) is 10.2 Å². The van der Waals surface area contributed by atoms with Crippen molar-refractivity contribution in [2.75, 3.05) is 20.8 Å². The summed E-state index contributed by atoms with van der Waals surface area (Å²) < 4.78 is 21.3. The maximum atomic E-state index is 12.1. The Hall–Kier alpha value is -2.69. The molecule has 0 atom stereocenters. The highest BCUT2D eigenvalue weighted by Gasteiger charge is 2.17. The van der Waals surface area contributed by atoms with Crippen LogP contribution in [0.15, 0.2) is 42.5 Å². The lowest BCUT2D eigenvalue weighted by molar-refractivity contribution is -0.136. The largest absolute Gasteiger partial charge is 0.493 e. The number of methoxy groups -OCH3 is 2. The average Bonchev–Trinajstić information content (AvgIpc) is 2.59. The number of hydrogen-bond donors (Lipinski definition) is 0. The van der Waals surface area contributed by atoms with Crippen LogP contribution >= 0.6 is 0 Å². The van der Waals surface area contributed by atoms with E-state index in [1.807, 2.05) is 24.3 Å². The summed E-state index contributed by atoms with van der Waals surface area (Å²) in [6.07, 6.45) is 0. The van der Waals surface area contributed by atoms with Gasteiger partial charge in [-0.05, 0) is 35.2 Å². The molecule has 0 aliphatic carbocycles. The van der Waals surface area contributed by atoms with Crippen molar-refractivity contribution in [3.63, 3.8) is 0 Å². The Morgan fingerprint density at radius 1 is 0.960 bits per heavy atom. The van der Waals surface area contributed by atoms with Gasteiger partial charge in [0.15, 0.2) is 18.1 Å². The second kappa shape index (κ2) is 7.92. The van der Waals surface area contributed by atoms with E-state index in [0.29, 0.717) is 17.2 Å². The molecule has 5 nitrogen and oxygen atoms in total. The van der Waals surface area contributed by atoms with E-state index in [-0.39, 0.29) is 17.8 Å². The molecule has 2 aromatic carbocycles. The Balaban J connectivity index is 2.05. The Bertz CT molecular complexity index is 709. The Morgan fingerprint density at radius 2 is 1.56 bits per heavy atom. The highest BCUT2D eigenvalue weighted by atomic mass is 16.6. The molecule has 0 radical (unpaired) electrons. The van der Waals surface area contributed by atoms with Crippen LogP contribution in [0, 0.1) is 0 Å². The van der Waals surface area contributed by atoms with Crippen molar-refractivity contribution < 1.29 is 23.7 Å². The summed E-state index contributed by atoms with van der Waals surface area (Å²) in [6, 6.07) is 12.8. The van der Waals surface area contributed by atoms with Gasteiger partial charge in [-0.3, -0.25) is 0 Å². The predicted octanol–water partition coefficient (Wildman–Crippen LogP) is 3.99. The lowest BCUT2D eigenvalue weighted by Crippen LogP contribution is -2.19. The Kier molecular flexibility index (Phi) is 5.91. The van der Waals surface area contributed by atoms with Crippen LogP contribution in [0.4, 0.5) is 0 Å². The molecule has 0 fully saturated rings. The molecular weight excluding hydrogens is 320 g/mol. The van der Waals surface area contributed by atoms with Crippen molar-refractivity contribution in [2.24, 2.45) is 0 Å². The molecule has 0 unspecified atom stereocenters. The molecule has 134 valence electrons. The average molecular weight is 344 g/mol. The fourth-order valence-electron chi connectivity index (χ4n) is 2.26. The van der Waals surface area contributed by atoms with Crippen molar-refractivity contribution in [1.82, 2.24) is 0 Å². The van der Waals surface area contributed by atoms with Crippen LogP contribution in [0.1, 0.15) is 26.3 Å². The summed E-state index contributed by atoms with van der Waals surface area (Å²) in [6.45, 7) is 6.14. The number of esters is 1. The normalized spacial score (nSPS) is 10.9. The Labute approximate surface area is 148 Å². The van der Waals surface area contributed by atoms with E-state index in [1.54, 1.807) is 18.2 Å². The first-order chi connectivity index (χ1) is 11.8. The SMILES string of the molecule is COc1cccc(OC)c1OC(=O)COc1cccc(C(C)(C)C)c1. The minimum Gasteiger partial charge on any atom is -0.493 e. The van der Waals surface area contributed by atoms with Crippen LogP contribution in [0.3, 0.4) is 0 Å². The summed E-state index contributed by atoms with van der Waals surface area (Å²) in [7, 11) is 3.00. The standard InChI is InChI=1S/C20H24O5/c1-20(2,3)14-8-6-9-15(12-14)24-13-18(21)25-19-16(22-4)10-7-11-17(19)23-5/h6-12H,13H2,1-5H3. The van der Waals surface area contributed by atoms with Gasteiger partial charge in [-0.15, -0.1) is 0 Å². The number of para-hydroxylation sites is 1. The maximum Gasteiger partial charge on any atom is 0.349 e. The van der Waals surface area contributed by atoms with E-state index in [0.717, 1.165) is 5.56 Å². The monoisotopic (exact) mass is 344 g/mol. The van der Waals surface area contributed by atoms with E-state index in [9.17, 15) is 4.79 Å². The molecule has 0 bridgehead atoms. The fourth-order valence-corrected chi connectivity index (χ4v) is 2.26. The number of carbonyl (C=O) groups excluding carboxylic acids is 1. The number of ether oxygens (including phenoxy) is 4. The molecule has 0 aliphatic heterocycles. The number of benzene rings is 2. The van der Waals surface area contributed by atoms with Gasteiger partial charge < -0.3 is 18.9 Å². The first kappa shape index (κ1) is 18.6. The third kappa shape index (κ3) is 4.89. The van der Waals surface area contributed by atoms with Gasteiger partial charge in [0.05, 0.1) is 14.2 Å². The molecule has 0 N–H and O–H groups in total. The van der Waals surface area contributed by atoms with Crippen molar-refractivity contribution in [1.29, 1.82) is 0 Å². The van der Waals surface area contributed by atoms with Crippen molar-refractivity contribution >= 4 is 5.97 Å². The Morgan fingerprint density at radius 3 is 2.12 bits per heavy atom. The van der Waals surface area contributed by atoms with Gasteiger partial charge >= 0.3 is 5.97 Å². The number of carbonyl (C=O) groups is 1. The van der Waals surface area contributed by atoms with Gasteiger partial charge in [0.25, 0.3) is 0 Å². The van der Waals surface area contributed by atoms with E-state index in [2.05, 4.69) is 20.8 Å². The van der Waals surface area contributed by atoms with E-state index in [4.69, 9.17) is 18.9 Å². The van der Waals surface area contributed by atoms with Crippen LogP contribution < -0.4 is 18.9 Å². The van der Waals surface area contributed by atoms with E-state index < -0.39 is 5.97 Å². The third-order valence-electron chi connectivity index (χ3n) is 3.66. The highest BCUT2D eigenvalue weighted by Crippen LogP contribution is 2.36. The molecule has 0 amide bonds. The lowest BCUT2D eigenvalue weighted by atomic mass is 9.87. The zero-order chi connectivity index (χ0) is 18.4. The number of hydrogen-bond acceptors (Lipinski definition) is 5. The first-order valence-electron chi connectivity index (χ1n) is 8.00. The van der Waals surface area contributed by atoms with Gasteiger partial charge in [-0.1, -0.05) is 39.0 Å². The molecule has 0 spiro atoms. The van der Waals surface area contributed by atoms with Crippen molar-refractivity contribution in [2.45, 2.75) is 26.2 Å². The first-order valence-corrected chi connectivity index (χ1v) is 8.00. The minimum atomic E-state index is -0.538. The van der Waals surface area contributed by atoms with E-state index in [1.165, 1.54) is 14.2 Å². The molecular formula is C20H24O5. The smallest absolute Gasteiger partial charge is 0.349 e. The van der Waals surface area contributed by atoms with Gasteiger partial charge in [-0.2, -0.15) is 0 Å². The van der Waals surface area contributed by atoms with Crippen molar-refractivity contribution in [3.8, 4) is 23.0 Å². The van der Waals surface area contributed by atoms with Gasteiger partial charge in [0, 0.05) is 0 Å². The molecule has 5 heteroatoms. The summed E-state index contributed by atoms with van der Waals surface area (Å²) in [5, 5.41) is 0. The quantitative estimate of drug-likeness (QED) is 0.586. The molecule has 25 heavy (non-hydrogen) atoms. The highest BCUT2D eigenvalue weighted by molar-refractivity contribution is 5.76. The zero-order valence-electron chi connectivity index (χ0n) is 15.3. The topological polar surface area (TPSA) is 54.0 Å². The fraction of sp³-hybridized carbons (Fsp3) is 0.350. The van der Waals surface area contributed by atoms with Crippen LogP contribution in [0.5, 0.6) is 23.0 Å². The molecule has 0 saturated carbocycles. The maximum absolute atomic E-state index is 12.1. The predicted molar refractivity (Wildman–Crippen MR) is 95.8 cm³/mol. The van der Waals surface area contributed by atoms with Crippen LogP contribution in [-0.4, -0.2) is 26.8 Å². The van der Waals surface area contributed by atoms with Crippen molar-refractivity contribution in [3.05, 3.63) is 48.0 Å². The van der Waals surface area contributed by atoms with Gasteiger partial charge in [-0.25, -0.2) is 4.79 Å².